The van der Waals surface area contributed by atoms with Crippen LogP contribution >= 0.6 is 12.4 Å². The number of rotatable bonds is 1. The summed E-state index contributed by atoms with van der Waals surface area (Å²) in [5.41, 5.74) is 0.0220. The third-order valence-corrected chi connectivity index (χ3v) is 0.642. The average Bonchev–Trinajstić information content (AvgIpc) is 1.21. The third kappa shape index (κ3) is 11.7. The topological polar surface area (TPSA) is 32.3 Å². The van der Waals surface area contributed by atoms with Crippen molar-refractivity contribution >= 4 is 12.4 Å². The number of hydrogen-bond acceptors (Lipinski definition) is 2. The summed E-state index contributed by atoms with van der Waals surface area (Å²) < 4.78 is 0. The molecule has 2 N–H and O–H groups in total. The first-order chi connectivity index (χ1) is 3.42. The van der Waals surface area contributed by atoms with Gasteiger partial charge in [0.1, 0.15) is 6.23 Å². The summed E-state index contributed by atoms with van der Waals surface area (Å²) in [6, 6.07) is 0. The standard InChI is InChI=1S/C6H15NO.ClH/c1-5(8)7-6(2,3)4;/h5,7-8H,1-4H3;1H. The van der Waals surface area contributed by atoms with Crippen LogP contribution in [0.3, 0.4) is 0 Å². The van der Waals surface area contributed by atoms with E-state index in [9.17, 15) is 0 Å². The molecule has 0 saturated carbocycles. The molecule has 0 amide bonds. The van der Waals surface area contributed by atoms with Gasteiger partial charge in [-0.1, -0.05) is 0 Å². The number of aliphatic hydroxyl groups is 1. The van der Waals surface area contributed by atoms with Crippen LogP contribution in [0.25, 0.3) is 0 Å². The second-order valence-corrected chi connectivity index (χ2v) is 3.07. The van der Waals surface area contributed by atoms with Gasteiger partial charge in [0, 0.05) is 5.54 Å². The van der Waals surface area contributed by atoms with Crippen LogP contribution in [0.5, 0.6) is 0 Å². The van der Waals surface area contributed by atoms with E-state index < -0.39 is 6.23 Å². The van der Waals surface area contributed by atoms with Gasteiger partial charge in [0.2, 0.25) is 0 Å². The van der Waals surface area contributed by atoms with Gasteiger partial charge in [0.05, 0.1) is 0 Å². The Morgan fingerprint density at radius 1 is 1.33 bits per heavy atom. The molecular weight excluding hydrogens is 138 g/mol. The van der Waals surface area contributed by atoms with E-state index in [2.05, 4.69) is 5.32 Å². The molecule has 0 radical (unpaired) electrons. The summed E-state index contributed by atoms with van der Waals surface area (Å²) >= 11 is 0. The van der Waals surface area contributed by atoms with Crippen molar-refractivity contribution in [3.05, 3.63) is 0 Å². The van der Waals surface area contributed by atoms with Crippen molar-refractivity contribution in [3.63, 3.8) is 0 Å². The zero-order valence-electron chi connectivity index (χ0n) is 6.43. The molecule has 1 unspecified atom stereocenters. The normalized spacial score (nSPS) is 14.3. The summed E-state index contributed by atoms with van der Waals surface area (Å²) in [4.78, 5) is 0. The highest BCUT2D eigenvalue weighted by Gasteiger charge is 2.09. The molecule has 0 aliphatic rings. The summed E-state index contributed by atoms with van der Waals surface area (Å²) in [5, 5.41) is 11.7. The lowest BCUT2D eigenvalue weighted by atomic mass is 10.1. The molecule has 1 atom stereocenters. The molecule has 3 heteroatoms. The Bertz CT molecular complexity index is 67.9. The Labute approximate surface area is 63.1 Å². The lowest BCUT2D eigenvalue weighted by molar-refractivity contribution is 0.123. The van der Waals surface area contributed by atoms with Crippen molar-refractivity contribution in [2.75, 3.05) is 0 Å². The highest BCUT2D eigenvalue weighted by atomic mass is 35.5. The van der Waals surface area contributed by atoms with Crippen LogP contribution in [0, 0.1) is 0 Å². The smallest absolute Gasteiger partial charge is 0.102 e. The summed E-state index contributed by atoms with van der Waals surface area (Å²) in [6.45, 7) is 7.75. The van der Waals surface area contributed by atoms with E-state index in [0.717, 1.165) is 0 Å². The first-order valence-electron chi connectivity index (χ1n) is 2.87. The predicted octanol–water partition coefficient (Wildman–Crippen LogP) is 1.13. The Morgan fingerprint density at radius 2 is 1.67 bits per heavy atom. The molecule has 0 spiro atoms. The van der Waals surface area contributed by atoms with Crippen LogP contribution in [0.1, 0.15) is 27.7 Å². The number of hydrogen-bond donors (Lipinski definition) is 2. The largest absolute Gasteiger partial charge is 0.379 e. The van der Waals surface area contributed by atoms with Gasteiger partial charge in [0.15, 0.2) is 0 Å². The van der Waals surface area contributed by atoms with Crippen LogP contribution < -0.4 is 5.32 Å². The summed E-state index contributed by atoms with van der Waals surface area (Å²) in [6.07, 6.45) is -0.407. The maximum absolute atomic E-state index is 8.78. The molecule has 0 aromatic rings. The molecule has 9 heavy (non-hydrogen) atoms. The van der Waals surface area contributed by atoms with Crippen molar-refractivity contribution in [2.24, 2.45) is 0 Å². The van der Waals surface area contributed by atoms with Crippen molar-refractivity contribution in [1.29, 1.82) is 0 Å². The molecule has 2 nitrogen and oxygen atoms in total. The molecule has 0 aliphatic carbocycles. The minimum Gasteiger partial charge on any atom is -0.379 e. The second-order valence-electron chi connectivity index (χ2n) is 3.07. The lowest BCUT2D eigenvalue weighted by Gasteiger charge is -2.22. The van der Waals surface area contributed by atoms with Crippen molar-refractivity contribution < 1.29 is 5.11 Å². The van der Waals surface area contributed by atoms with Gasteiger partial charge in [-0.05, 0) is 27.7 Å². The van der Waals surface area contributed by atoms with Gasteiger partial charge < -0.3 is 5.11 Å². The van der Waals surface area contributed by atoms with Gasteiger partial charge in [-0.2, -0.15) is 0 Å². The Kier molecular flexibility index (Phi) is 5.43. The number of aliphatic hydroxyl groups excluding tert-OH is 1. The maximum Gasteiger partial charge on any atom is 0.102 e. The van der Waals surface area contributed by atoms with E-state index in [4.69, 9.17) is 5.11 Å². The van der Waals surface area contributed by atoms with E-state index in [0.29, 0.717) is 0 Å². The zero-order valence-corrected chi connectivity index (χ0v) is 7.25. The van der Waals surface area contributed by atoms with E-state index >= 15 is 0 Å². The maximum atomic E-state index is 8.78. The molecule has 0 aliphatic heterocycles. The quantitative estimate of drug-likeness (QED) is 0.554. The van der Waals surface area contributed by atoms with Crippen molar-refractivity contribution in [1.82, 2.24) is 5.32 Å². The molecule has 0 aromatic carbocycles. The first kappa shape index (κ1) is 11.9. The molecule has 0 rings (SSSR count). The molecule has 0 bridgehead atoms. The van der Waals surface area contributed by atoms with Gasteiger partial charge in [-0.3, -0.25) is 5.32 Å². The average molecular weight is 154 g/mol. The Morgan fingerprint density at radius 3 is 1.67 bits per heavy atom. The van der Waals surface area contributed by atoms with Crippen LogP contribution in [-0.4, -0.2) is 16.9 Å². The van der Waals surface area contributed by atoms with Crippen LogP contribution in [0.4, 0.5) is 0 Å². The Balaban J connectivity index is 0. The van der Waals surface area contributed by atoms with Gasteiger partial charge in [-0.15, -0.1) is 12.4 Å². The molecular formula is C6H16ClNO. The number of nitrogens with one attached hydrogen (secondary N) is 1. The van der Waals surface area contributed by atoms with Crippen molar-refractivity contribution in [2.45, 2.75) is 39.5 Å². The van der Waals surface area contributed by atoms with Crippen LogP contribution in [0.2, 0.25) is 0 Å². The molecule has 0 fully saturated rings. The Hall–Kier alpha value is 0.210. The number of halogens is 1. The highest BCUT2D eigenvalue weighted by molar-refractivity contribution is 5.85. The fourth-order valence-electron chi connectivity index (χ4n) is 0.627. The molecule has 0 aromatic heterocycles. The van der Waals surface area contributed by atoms with Gasteiger partial charge >= 0.3 is 0 Å². The van der Waals surface area contributed by atoms with E-state index in [1.807, 2.05) is 20.8 Å². The minimum absolute atomic E-state index is 0. The SMILES string of the molecule is CC(O)NC(C)(C)C.Cl. The van der Waals surface area contributed by atoms with E-state index in [1.165, 1.54) is 0 Å². The summed E-state index contributed by atoms with van der Waals surface area (Å²) in [7, 11) is 0. The van der Waals surface area contributed by atoms with E-state index in [1.54, 1.807) is 6.92 Å². The highest BCUT2D eigenvalue weighted by Crippen LogP contribution is 1.98. The monoisotopic (exact) mass is 153 g/mol. The van der Waals surface area contributed by atoms with Crippen molar-refractivity contribution in [3.8, 4) is 0 Å². The molecule has 0 saturated heterocycles. The zero-order chi connectivity index (χ0) is 6.78. The fourth-order valence-corrected chi connectivity index (χ4v) is 0.627. The third-order valence-electron chi connectivity index (χ3n) is 0.642. The summed E-state index contributed by atoms with van der Waals surface area (Å²) in [5.74, 6) is 0. The molecule has 58 valence electrons. The lowest BCUT2D eigenvalue weighted by Crippen LogP contribution is -2.41. The minimum atomic E-state index is -0.407. The van der Waals surface area contributed by atoms with Crippen LogP contribution in [-0.2, 0) is 0 Å². The van der Waals surface area contributed by atoms with Crippen LogP contribution in [0.15, 0.2) is 0 Å². The fraction of sp³-hybridized carbons (Fsp3) is 1.00. The van der Waals surface area contributed by atoms with Gasteiger partial charge in [0.25, 0.3) is 0 Å². The predicted molar refractivity (Wildman–Crippen MR) is 41.8 cm³/mol. The van der Waals surface area contributed by atoms with E-state index in [-0.39, 0.29) is 17.9 Å². The molecule has 0 heterocycles. The second kappa shape index (κ2) is 4.09. The first-order valence-corrected chi connectivity index (χ1v) is 2.87. The van der Waals surface area contributed by atoms with Gasteiger partial charge in [-0.25, -0.2) is 0 Å².